The number of nitrogens with one attached hydrogen (secondary N) is 2. The van der Waals surface area contributed by atoms with E-state index in [1.165, 1.54) is 4.90 Å². The van der Waals surface area contributed by atoms with Crippen LogP contribution in [-0.4, -0.2) is 35.3 Å². The Morgan fingerprint density at radius 1 is 1.14 bits per heavy atom. The minimum absolute atomic E-state index is 0.143. The number of carbonyl (C=O) groups excluding carboxylic acids is 3. The van der Waals surface area contributed by atoms with Crippen molar-refractivity contribution in [3.63, 3.8) is 0 Å². The molecule has 152 valence electrons. The molecule has 0 saturated carbocycles. The summed E-state index contributed by atoms with van der Waals surface area (Å²) in [7, 11) is 0. The molecule has 2 N–H and O–H groups in total. The van der Waals surface area contributed by atoms with E-state index >= 15 is 0 Å². The van der Waals surface area contributed by atoms with Crippen molar-refractivity contribution in [2.45, 2.75) is 38.3 Å². The van der Waals surface area contributed by atoms with Crippen molar-refractivity contribution < 1.29 is 14.4 Å². The van der Waals surface area contributed by atoms with Crippen LogP contribution in [0.2, 0.25) is 5.02 Å². The Hall–Kier alpha value is -2.86. The van der Waals surface area contributed by atoms with Crippen LogP contribution in [0, 0.1) is 0 Å². The van der Waals surface area contributed by atoms with E-state index in [0.717, 1.165) is 11.1 Å². The second kappa shape index (κ2) is 9.56. The predicted octanol–water partition coefficient (Wildman–Crippen LogP) is 3.46. The van der Waals surface area contributed by atoms with Gasteiger partial charge in [0.25, 0.3) is 5.91 Å². The molecule has 0 unspecified atom stereocenters. The molecule has 3 rings (SSSR count). The van der Waals surface area contributed by atoms with E-state index in [2.05, 4.69) is 10.6 Å². The van der Waals surface area contributed by atoms with E-state index in [9.17, 15) is 14.4 Å². The van der Waals surface area contributed by atoms with Crippen LogP contribution in [0.1, 0.15) is 36.9 Å². The summed E-state index contributed by atoms with van der Waals surface area (Å²) in [4.78, 5) is 38.3. The van der Waals surface area contributed by atoms with E-state index in [4.69, 9.17) is 11.6 Å². The summed E-state index contributed by atoms with van der Waals surface area (Å²) in [5.74, 6) is -0.434. The predicted molar refractivity (Wildman–Crippen MR) is 111 cm³/mol. The monoisotopic (exact) mass is 413 g/mol. The fourth-order valence-corrected chi connectivity index (χ4v) is 3.48. The second-order valence-corrected chi connectivity index (χ2v) is 7.50. The number of imide groups is 1. The zero-order chi connectivity index (χ0) is 20.8. The van der Waals surface area contributed by atoms with E-state index in [-0.39, 0.29) is 30.7 Å². The Bertz CT molecular complexity index is 871. The van der Waals surface area contributed by atoms with Crippen molar-refractivity contribution in [1.82, 2.24) is 15.5 Å². The van der Waals surface area contributed by atoms with E-state index in [1.54, 1.807) is 0 Å². The number of rotatable bonds is 8. The molecule has 1 aliphatic heterocycles. The Morgan fingerprint density at radius 3 is 2.52 bits per heavy atom. The minimum Gasteiger partial charge on any atom is -0.356 e. The molecular weight excluding hydrogens is 390 g/mol. The van der Waals surface area contributed by atoms with Gasteiger partial charge in [0.1, 0.15) is 6.04 Å². The molecule has 1 heterocycles. The van der Waals surface area contributed by atoms with Crippen molar-refractivity contribution in [2.75, 3.05) is 6.54 Å². The number of carbonyl (C=O) groups is 3. The lowest BCUT2D eigenvalue weighted by Gasteiger charge is -2.21. The molecule has 7 heteroatoms. The van der Waals surface area contributed by atoms with Crippen molar-refractivity contribution in [3.05, 3.63) is 70.7 Å². The zero-order valence-electron chi connectivity index (χ0n) is 16.2. The van der Waals surface area contributed by atoms with Crippen molar-refractivity contribution >= 4 is 29.4 Å². The smallest absolute Gasteiger partial charge is 0.325 e. The van der Waals surface area contributed by atoms with Gasteiger partial charge >= 0.3 is 6.03 Å². The maximum absolute atomic E-state index is 12.7. The highest BCUT2D eigenvalue weighted by molar-refractivity contribution is 6.30. The molecule has 0 aromatic heterocycles. The van der Waals surface area contributed by atoms with Crippen LogP contribution in [0.15, 0.2) is 54.6 Å². The molecule has 0 spiro atoms. The second-order valence-electron chi connectivity index (χ2n) is 7.06. The molecule has 1 fully saturated rings. The Morgan fingerprint density at radius 2 is 1.83 bits per heavy atom. The number of amides is 4. The average Bonchev–Trinajstić information content (AvgIpc) is 3.01. The fraction of sp³-hybridized carbons (Fsp3) is 0.318. The van der Waals surface area contributed by atoms with Crippen LogP contribution in [0.4, 0.5) is 4.79 Å². The van der Waals surface area contributed by atoms with E-state index in [0.29, 0.717) is 18.0 Å². The first kappa shape index (κ1) is 20.9. The number of hydrogen-bond acceptors (Lipinski definition) is 3. The van der Waals surface area contributed by atoms with Gasteiger partial charge in [0.15, 0.2) is 0 Å². The largest absolute Gasteiger partial charge is 0.356 e. The van der Waals surface area contributed by atoms with E-state index in [1.807, 2.05) is 61.5 Å². The molecule has 1 saturated heterocycles. The average molecular weight is 414 g/mol. The van der Waals surface area contributed by atoms with Gasteiger partial charge in [-0.3, -0.25) is 14.5 Å². The number of urea groups is 1. The Balaban J connectivity index is 1.45. The molecule has 4 amide bonds. The topological polar surface area (TPSA) is 78.5 Å². The van der Waals surface area contributed by atoms with Gasteiger partial charge in [0.2, 0.25) is 5.91 Å². The number of halogens is 1. The van der Waals surface area contributed by atoms with Gasteiger partial charge in [-0.2, -0.15) is 0 Å². The van der Waals surface area contributed by atoms with E-state index < -0.39 is 12.1 Å². The molecule has 6 nitrogen and oxygen atoms in total. The normalized spacial score (nSPS) is 17.2. The first-order chi connectivity index (χ1) is 14.0. The lowest BCUT2D eigenvalue weighted by Crippen LogP contribution is -2.34. The van der Waals surface area contributed by atoms with Crippen LogP contribution in [-0.2, 0) is 16.0 Å². The van der Waals surface area contributed by atoms with Crippen LogP contribution >= 0.6 is 11.6 Å². The lowest BCUT2D eigenvalue weighted by molar-refractivity contribution is -0.129. The highest BCUT2D eigenvalue weighted by atomic mass is 35.5. The van der Waals surface area contributed by atoms with Crippen LogP contribution < -0.4 is 10.6 Å². The fourth-order valence-electron chi connectivity index (χ4n) is 3.35. The summed E-state index contributed by atoms with van der Waals surface area (Å²) in [5.41, 5.74) is 1.97. The number of benzene rings is 2. The third-order valence-electron chi connectivity index (χ3n) is 5.03. The molecule has 0 aliphatic carbocycles. The van der Waals surface area contributed by atoms with Gasteiger partial charge in [0, 0.05) is 18.0 Å². The number of hydrogen-bond donors (Lipinski definition) is 2. The van der Waals surface area contributed by atoms with Crippen molar-refractivity contribution in [2.24, 2.45) is 0 Å². The van der Waals surface area contributed by atoms with Crippen molar-refractivity contribution in [3.8, 4) is 0 Å². The van der Waals surface area contributed by atoms with Gasteiger partial charge in [-0.1, -0.05) is 54.1 Å². The first-order valence-corrected chi connectivity index (χ1v) is 10.0. The standard InChI is InChI=1S/C22H24ClN3O3/c1-15(17-5-3-2-4-6-17)26-21(28)19(25-22(26)29)11-12-20(27)24-14-13-16-7-9-18(23)10-8-16/h2-10,15,19H,11-14H2,1H3,(H,24,27)(H,25,29)/t15-,19+/m1/s1. The third-order valence-corrected chi connectivity index (χ3v) is 5.28. The minimum atomic E-state index is -0.671. The third kappa shape index (κ3) is 5.35. The lowest BCUT2D eigenvalue weighted by atomic mass is 10.1. The summed E-state index contributed by atoms with van der Waals surface area (Å²) in [6, 6.07) is 15.4. The molecule has 29 heavy (non-hydrogen) atoms. The molecule has 2 aromatic rings. The molecule has 1 aliphatic rings. The SMILES string of the molecule is C[C@H](c1ccccc1)N1C(=O)N[C@@H](CCC(=O)NCCc2ccc(Cl)cc2)C1=O. The quantitative estimate of drug-likeness (QED) is 0.650. The summed E-state index contributed by atoms with van der Waals surface area (Å²) in [5, 5.41) is 6.22. The zero-order valence-corrected chi connectivity index (χ0v) is 17.0. The Labute approximate surface area is 175 Å². The maximum Gasteiger partial charge on any atom is 0.325 e. The Kier molecular flexibility index (Phi) is 6.88. The number of nitrogens with zero attached hydrogens (tertiary/aromatic N) is 1. The van der Waals surface area contributed by atoms with Crippen LogP contribution in [0.5, 0.6) is 0 Å². The van der Waals surface area contributed by atoms with Gasteiger partial charge in [-0.05, 0) is 43.0 Å². The van der Waals surface area contributed by atoms with Gasteiger partial charge in [-0.25, -0.2) is 4.79 Å². The molecule has 0 bridgehead atoms. The molecule has 2 atom stereocenters. The highest BCUT2D eigenvalue weighted by Crippen LogP contribution is 2.25. The molecular formula is C22H24ClN3O3. The summed E-state index contributed by atoms with van der Waals surface area (Å²) < 4.78 is 0. The van der Waals surface area contributed by atoms with Crippen molar-refractivity contribution in [1.29, 1.82) is 0 Å². The summed E-state index contributed by atoms with van der Waals surface area (Å²) >= 11 is 5.86. The van der Waals surface area contributed by atoms with Gasteiger partial charge < -0.3 is 10.6 Å². The van der Waals surface area contributed by atoms with Gasteiger partial charge in [-0.15, -0.1) is 0 Å². The summed E-state index contributed by atoms with van der Waals surface area (Å²) in [6.45, 7) is 2.32. The first-order valence-electron chi connectivity index (χ1n) is 9.65. The maximum atomic E-state index is 12.7. The molecule has 0 radical (unpaired) electrons. The van der Waals surface area contributed by atoms with Gasteiger partial charge in [0.05, 0.1) is 6.04 Å². The highest BCUT2D eigenvalue weighted by Gasteiger charge is 2.40. The van der Waals surface area contributed by atoms with Crippen LogP contribution in [0.25, 0.3) is 0 Å². The van der Waals surface area contributed by atoms with Crippen LogP contribution in [0.3, 0.4) is 0 Å². The molecule has 2 aromatic carbocycles. The summed E-state index contributed by atoms with van der Waals surface area (Å²) in [6.07, 6.45) is 1.14.